The average Bonchev–Trinajstić information content (AvgIpc) is 3.09. The van der Waals surface area contributed by atoms with Crippen molar-refractivity contribution in [2.24, 2.45) is 0 Å². The van der Waals surface area contributed by atoms with Gasteiger partial charge in [-0.25, -0.2) is 0 Å². The molecule has 3 rings (SSSR count). The fraction of sp³-hybridized carbons (Fsp3) is 0.250. The van der Waals surface area contributed by atoms with Crippen LogP contribution in [-0.4, -0.2) is 19.3 Å². The lowest BCUT2D eigenvalue weighted by Crippen LogP contribution is -2.07. The molecule has 0 aliphatic carbocycles. The zero-order chi connectivity index (χ0) is 17.5. The van der Waals surface area contributed by atoms with Gasteiger partial charge in [0.05, 0.1) is 6.61 Å². The third-order valence-corrected chi connectivity index (χ3v) is 3.73. The van der Waals surface area contributed by atoms with Crippen LogP contribution >= 0.6 is 0 Å². The molecule has 2 aromatic rings. The number of ether oxygens (including phenoxy) is 3. The largest absolute Gasteiger partial charge is 0.493 e. The van der Waals surface area contributed by atoms with Crippen LogP contribution in [0.1, 0.15) is 25.3 Å². The first-order valence-electron chi connectivity index (χ1n) is 8.37. The van der Waals surface area contributed by atoms with Gasteiger partial charge in [0.2, 0.25) is 12.7 Å². The Morgan fingerprint density at radius 2 is 2.04 bits per heavy atom. The maximum atomic E-state index is 12.1. The number of unbranched alkanes of at least 4 members (excludes halogenated alkanes) is 1. The molecule has 0 aromatic heterocycles. The van der Waals surface area contributed by atoms with Crippen molar-refractivity contribution in [3.05, 3.63) is 54.1 Å². The highest BCUT2D eigenvalue weighted by atomic mass is 16.7. The average molecular weight is 339 g/mol. The lowest BCUT2D eigenvalue weighted by Gasteiger charge is -2.08. The van der Waals surface area contributed by atoms with Gasteiger partial charge in [-0.15, -0.1) is 0 Å². The van der Waals surface area contributed by atoms with E-state index in [4.69, 9.17) is 14.2 Å². The minimum absolute atomic E-state index is 0.210. The Kier molecular flexibility index (Phi) is 5.57. The first kappa shape index (κ1) is 16.9. The molecule has 1 aliphatic rings. The molecule has 1 heterocycles. The summed E-state index contributed by atoms with van der Waals surface area (Å²) in [5.41, 5.74) is 1.53. The van der Waals surface area contributed by atoms with Crippen LogP contribution in [0, 0.1) is 0 Å². The van der Waals surface area contributed by atoms with Crippen molar-refractivity contribution in [2.45, 2.75) is 19.8 Å². The molecule has 0 atom stereocenters. The van der Waals surface area contributed by atoms with Gasteiger partial charge in [0, 0.05) is 23.4 Å². The van der Waals surface area contributed by atoms with Gasteiger partial charge >= 0.3 is 0 Å². The molecule has 1 N–H and O–H groups in total. The standard InChI is InChI=1S/C20H21NO4/c1-2-3-12-23-17-7-5-4-6-15(17)8-11-20(22)21-16-9-10-18-19(13-16)25-14-24-18/h4-11,13H,2-3,12,14H2,1H3,(H,21,22)/b11-8+. The number of anilines is 1. The number of benzene rings is 2. The van der Waals surface area contributed by atoms with E-state index < -0.39 is 0 Å². The van der Waals surface area contributed by atoms with Gasteiger partial charge in [-0.05, 0) is 30.7 Å². The van der Waals surface area contributed by atoms with Crippen LogP contribution in [-0.2, 0) is 4.79 Å². The van der Waals surface area contributed by atoms with Gasteiger partial charge in [0.15, 0.2) is 11.5 Å². The summed E-state index contributed by atoms with van der Waals surface area (Å²) >= 11 is 0. The maximum absolute atomic E-state index is 12.1. The Balaban J connectivity index is 1.62. The summed E-state index contributed by atoms with van der Waals surface area (Å²) in [5.74, 6) is 1.88. The Morgan fingerprint density at radius 1 is 1.20 bits per heavy atom. The number of carbonyl (C=O) groups excluding carboxylic acids is 1. The van der Waals surface area contributed by atoms with Crippen molar-refractivity contribution in [1.82, 2.24) is 0 Å². The summed E-state index contributed by atoms with van der Waals surface area (Å²) in [5, 5.41) is 2.81. The Bertz CT molecular complexity index is 770. The summed E-state index contributed by atoms with van der Waals surface area (Å²) < 4.78 is 16.3. The van der Waals surface area contributed by atoms with E-state index in [0.29, 0.717) is 23.8 Å². The number of nitrogens with one attached hydrogen (secondary N) is 1. The van der Waals surface area contributed by atoms with Crippen molar-refractivity contribution in [1.29, 1.82) is 0 Å². The van der Waals surface area contributed by atoms with E-state index in [2.05, 4.69) is 12.2 Å². The number of para-hydroxylation sites is 1. The monoisotopic (exact) mass is 339 g/mol. The van der Waals surface area contributed by atoms with Gasteiger partial charge in [-0.1, -0.05) is 31.5 Å². The van der Waals surface area contributed by atoms with E-state index in [1.807, 2.05) is 24.3 Å². The van der Waals surface area contributed by atoms with Gasteiger partial charge in [0.1, 0.15) is 5.75 Å². The van der Waals surface area contributed by atoms with E-state index in [1.54, 1.807) is 24.3 Å². The van der Waals surface area contributed by atoms with Gasteiger partial charge in [-0.3, -0.25) is 4.79 Å². The Labute approximate surface area is 147 Å². The highest BCUT2D eigenvalue weighted by Crippen LogP contribution is 2.34. The van der Waals surface area contributed by atoms with Crippen molar-refractivity contribution >= 4 is 17.7 Å². The number of hydrogen-bond acceptors (Lipinski definition) is 4. The lowest BCUT2D eigenvalue weighted by atomic mass is 10.2. The van der Waals surface area contributed by atoms with E-state index in [9.17, 15) is 4.79 Å². The predicted octanol–water partition coefficient (Wildman–Crippen LogP) is 4.25. The van der Waals surface area contributed by atoms with E-state index in [1.165, 1.54) is 6.08 Å². The van der Waals surface area contributed by atoms with Crippen LogP contribution in [0.5, 0.6) is 17.2 Å². The van der Waals surface area contributed by atoms with Crippen LogP contribution in [0.4, 0.5) is 5.69 Å². The van der Waals surface area contributed by atoms with Gasteiger partial charge < -0.3 is 19.5 Å². The van der Waals surface area contributed by atoms with Crippen LogP contribution in [0.2, 0.25) is 0 Å². The maximum Gasteiger partial charge on any atom is 0.248 e. The fourth-order valence-corrected chi connectivity index (χ4v) is 2.40. The Hall–Kier alpha value is -2.95. The summed E-state index contributed by atoms with van der Waals surface area (Å²) in [6.07, 6.45) is 5.33. The molecule has 0 saturated carbocycles. The molecule has 0 fully saturated rings. The van der Waals surface area contributed by atoms with Crippen LogP contribution in [0.15, 0.2) is 48.5 Å². The van der Waals surface area contributed by atoms with Crippen LogP contribution in [0.25, 0.3) is 6.08 Å². The predicted molar refractivity (Wildman–Crippen MR) is 97.1 cm³/mol. The third kappa shape index (κ3) is 4.53. The summed E-state index contributed by atoms with van der Waals surface area (Å²) in [7, 11) is 0. The summed E-state index contributed by atoms with van der Waals surface area (Å²) in [4.78, 5) is 12.1. The van der Waals surface area contributed by atoms with Crippen molar-refractivity contribution < 1.29 is 19.0 Å². The highest BCUT2D eigenvalue weighted by Gasteiger charge is 2.13. The molecule has 0 spiro atoms. The van der Waals surface area contributed by atoms with Crippen molar-refractivity contribution in [3.63, 3.8) is 0 Å². The number of rotatable bonds is 7. The molecular formula is C20H21NO4. The number of fused-ring (bicyclic) bond motifs is 1. The van der Waals surface area contributed by atoms with E-state index in [-0.39, 0.29) is 12.7 Å². The number of carbonyl (C=O) groups is 1. The quantitative estimate of drug-likeness (QED) is 0.605. The summed E-state index contributed by atoms with van der Waals surface area (Å²) in [6, 6.07) is 13.0. The zero-order valence-electron chi connectivity index (χ0n) is 14.2. The lowest BCUT2D eigenvalue weighted by molar-refractivity contribution is -0.111. The molecule has 130 valence electrons. The second-order valence-corrected chi connectivity index (χ2v) is 5.63. The van der Waals surface area contributed by atoms with Crippen molar-refractivity contribution in [2.75, 3.05) is 18.7 Å². The SMILES string of the molecule is CCCCOc1ccccc1/C=C/C(=O)Nc1ccc2c(c1)OCO2. The molecule has 0 radical (unpaired) electrons. The molecule has 2 aromatic carbocycles. The minimum Gasteiger partial charge on any atom is -0.493 e. The fourth-order valence-electron chi connectivity index (χ4n) is 2.40. The van der Waals surface area contributed by atoms with Gasteiger partial charge in [-0.2, -0.15) is 0 Å². The Morgan fingerprint density at radius 3 is 2.92 bits per heavy atom. The molecular weight excluding hydrogens is 318 g/mol. The van der Waals surface area contributed by atoms with Gasteiger partial charge in [0.25, 0.3) is 0 Å². The third-order valence-electron chi connectivity index (χ3n) is 3.73. The van der Waals surface area contributed by atoms with E-state index >= 15 is 0 Å². The zero-order valence-corrected chi connectivity index (χ0v) is 14.2. The smallest absolute Gasteiger partial charge is 0.248 e. The summed E-state index contributed by atoms with van der Waals surface area (Å²) in [6.45, 7) is 3.00. The van der Waals surface area contributed by atoms with Crippen LogP contribution in [0.3, 0.4) is 0 Å². The van der Waals surface area contributed by atoms with Crippen molar-refractivity contribution in [3.8, 4) is 17.2 Å². The molecule has 1 amide bonds. The normalized spacial score (nSPS) is 12.4. The topological polar surface area (TPSA) is 56.8 Å². The molecule has 0 bridgehead atoms. The second-order valence-electron chi connectivity index (χ2n) is 5.63. The second kappa shape index (κ2) is 8.24. The molecule has 0 saturated heterocycles. The first-order valence-corrected chi connectivity index (χ1v) is 8.37. The highest BCUT2D eigenvalue weighted by molar-refractivity contribution is 6.02. The molecule has 25 heavy (non-hydrogen) atoms. The first-order chi connectivity index (χ1) is 12.3. The number of amides is 1. The molecule has 5 nitrogen and oxygen atoms in total. The molecule has 5 heteroatoms. The van der Waals surface area contributed by atoms with E-state index in [0.717, 1.165) is 24.2 Å². The van der Waals surface area contributed by atoms with Crippen LogP contribution < -0.4 is 19.5 Å². The molecule has 0 unspecified atom stereocenters. The number of hydrogen-bond donors (Lipinski definition) is 1. The minimum atomic E-state index is -0.220. The molecule has 1 aliphatic heterocycles.